The van der Waals surface area contributed by atoms with Gasteiger partial charge in [-0.25, -0.2) is 0 Å². The van der Waals surface area contributed by atoms with Gasteiger partial charge in [-0.1, -0.05) is 23.1 Å². The largest absolute Gasteiger partial charge is 0.357 e. The highest BCUT2D eigenvalue weighted by Gasteiger charge is 2.22. The molecule has 1 aliphatic carbocycles. The van der Waals surface area contributed by atoms with Gasteiger partial charge in [-0.2, -0.15) is 0 Å². The van der Waals surface area contributed by atoms with Crippen molar-refractivity contribution in [3.05, 3.63) is 0 Å². The van der Waals surface area contributed by atoms with E-state index in [-0.39, 0.29) is 17.6 Å². The highest BCUT2D eigenvalue weighted by Crippen LogP contribution is 2.29. The summed E-state index contributed by atoms with van der Waals surface area (Å²) in [5.74, 6) is -0.143. The molecule has 1 fully saturated rings. The van der Waals surface area contributed by atoms with Crippen molar-refractivity contribution in [3.63, 3.8) is 0 Å². The molecule has 0 spiro atoms. The lowest BCUT2D eigenvalue weighted by Gasteiger charge is -2.12. The number of rotatable bonds is 8. The van der Waals surface area contributed by atoms with Crippen LogP contribution in [-0.2, 0) is 9.59 Å². The van der Waals surface area contributed by atoms with Crippen LogP contribution in [0.25, 0.3) is 0 Å². The van der Waals surface area contributed by atoms with Gasteiger partial charge in [0.05, 0.1) is 5.75 Å². The fraction of sp³-hybridized carbons (Fsp3) is 0.667. The number of hydrogen-bond acceptors (Lipinski definition) is 7. The number of carbonyl (C=O) groups excluding carboxylic acids is 2. The van der Waals surface area contributed by atoms with Crippen molar-refractivity contribution in [1.29, 1.82) is 0 Å². The second kappa shape index (κ2) is 7.60. The molecule has 1 aliphatic rings. The lowest BCUT2D eigenvalue weighted by molar-refractivity contribution is -0.127. The molecule has 0 saturated heterocycles. The fourth-order valence-corrected chi connectivity index (χ4v) is 3.17. The molecule has 0 aromatic carbocycles. The number of nitrogens with zero attached hydrogens (tertiary/aromatic N) is 2. The molecule has 2 amide bonds. The number of thioether (sulfide) groups is 1. The molecule has 1 aromatic heterocycles. The standard InChI is InChI=1S/C12H19N5O2S2/c1-3-13-10(19)7(2)14-9(18)6-20-12-17-16-11(21-12)15-8-4-5-8/h7-8H,3-6H2,1-2H3,(H,13,19)(H,14,18)(H,15,16)/t7-/m1/s1. The molecule has 0 bridgehead atoms. The Balaban J connectivity index is 1.70. The Morgan fingerprint density at radius 2 is 2.19 bits per heavy atom. The lowest BCUT2D eigenvalue weighted by atomic mass is 10.3. The van der Waals surface area contributed by atoms with Gasteiger partial charge in [-0.05, 0) is 26.7 Å². The Morgan fingerprint density at radius 1 is 1.43 bits per heavy atom. The average Bonchev–Trinajstić information content (AvgIpc) is 3.14. The van der Waals surface area contributed by atoms with Crippen LogP contribution < -0.4 is 16.0 Å². The SMILES string of the molecule is CCNC(=O)[C@@H](C)NC(=O)CSc1nnc(NC2CC2)s1. The van der Waals surface area contributed by atoms with Gasteiger partial charge in [0.1, 0.15) is 6.04 Å². The van der Waals surface area contributed by atoms with Crippen molar-refractivity contribution >= 4 is 40.0 Å². The minimum absolute atomic E-state index is 0.178. The van der Waals surface area contributed by atoms with Crippen LogP contribution >= 0.6 is 23.1 Å². The van der Waals surface area contributed by atoms with E-state index in [1.54, 1.807) is 6.92 Å². The Morgan fingerprint density at radius 3 is 2.86 bits per heavy atom. The zero-order chi connectivity index (χ0) is 15.2. The van der Waals surface area contributed by atoms with E-state index in [0.717, 1.165) is 9.47 Å². The summed E-state index contributed by atoms with van der Waals surface area (Å²) in [4.78, 5) is 23.3. The molecule has 9 heteroatoms. The van der Waals surface area contributed by atoms with Crippen LogP contribution in [0.5, 0.6) is 0 Å². The molecule has 0 aliphatic heterocycles. The van der Waals surface area contributed by atoms with Gasteiger partial charge >= 0.3 is 0 Å². The van der Waals surface area contributed by atoms with Gasteiger partial charge < -0.3 is 16.0 Å². The number of carbonyl (C=O) groups is 2. The molecule has 1 heterocycles. The van der Waals surface area contributed by atoms with Crippen molar-refractivity contribution in [2.75, 3.05) is 17.6 Å². The molecular weight excluding hydrogens is 310 g/mol. The number of likely N-dealkylation sites (N-methyl/N-ethyl adjacent to an activating group) is 1. The summed E-state index contributed by atoms with van der Waals surface area (Å²) in [6.45, 7) is 4.05. The molecule has 2 rings (SSSR count). The van der Waals surface area contributed by atoms with E-state index >= 15 is 0 Å². The first-order valence-electron chi connectivity index (χ1n) is 6.88. The maximum Gasteiger partial charge on any atom is 0.242 e. The monoisotopic (exact) mass is 329 g/mol. The smallest absolute Gasteiger partial charge is 0.242 e. The summed E-state index contributed by atoms with van der Waals surface area (Å²) in [6, 6.07) is 0.0107. The minimum Gasteiger partial charge on any atom is -0.357 e. The van der Waals surface area contributed by atoms with Gasteiger partial charge in [0, 0.05) is 12.6 Å². The van der Waals surface area contributed by atoms with Crippen LogP contribution in [0.1, 0.15) is 26.7 Å². The number of amides is 2. The zero-order valence-corrected chi connectivity index (χ0v) is 13.6. The van der Waals surface area contributed by atoms with Crippen molar-refractivity contribution in [1.82, 2.24) is 20.8 Å². The molecule has 3 N–H and O–H groups in total. The van der Waals surface area contributed by atoms with Crippen LogP contribution in [0.15, 0.2) is 4.34 Å². The number of anilines is 1. The summed E-state index contributed by atoms with van der Waals surface area (Å²) in [7, 11) is 0. The Labute approximate surface area is 131 Å². The first-order valence-corrected chi connectivity index (χ1v) is 8.68. The average molecular weight is 329 g/mol. The third-order valence-corrected chi connectivity index (χ3v) is 4.75. The summed E-state index contributed by atoms with van der Waals surface area (Å²) in [5.41, 5.74) is 0. The molecule has 116 valence electrons. The zero-order valence-electron chi connectivity index (χ0n) is 12.0. The molecule has 1 saturated carbocycles. The minimum atomic E-state index is -0.528. The van der Waals surface area contributed by atoms with Gasteiger partial charge in [-0.15, -0.1) is 10.2 Å². The molecule has 21 heavy (non-hydrogen) atoms. The van der Waals surface area contributed by atoms with Crippen LogP contribution in [0, 0.1) is 0 Å². The second-order valence-corrected chi connectivity index (χ2v) is 6.96. The molecule has 7 nitrogen and oxygen atoms in total. The number of aromatic nitrogens is 2. The lowest BCUT2D eigenvalue weighted by Crippen LogP contribution is -2.45. The first kappa shape index (κ1) is 16.0. The summed E-state index contributed by atoms with van der Waals surface area (Å²) in [6.07, 6.45) is 2.37. The van der Waals surface area contributed by atoms with Gasteiger partial charge in [0.15, 0.2) is 4.34 Å². The molecule has 1 aromatic rings. The maximum atomic E-state index is 11.8. The van der Waals surface area contributed by atoms with Crippen LogP contribution in [0.3, 0.4) is 0 Å². The number of nitrogens with one attached hydrogen (secondary N) is 3. The van der Waals surface area contributed by atoms with E-state index in [4.69, 9.17) is 0 Å². The normalized spacial score (nSPS) is 15.3. The van der Waals surface area contributed by atoms with Crippen LogP contribution in [0.4, 0.5) is 5.13 Å². The van der Waals surface area contributed by atoms with Crippen LogP contribution in [0.2, 0.25) is 0 Å². The third-order valence-electron chi connectivity index (χ3n) is 2.76. The Hall–Kier alpha value is -1.35. The van der Waals surface area contributed by atoms with E-state index in [1.165, 1.54) is 35.9 Å². The van der Waals surface area contributed by atoms with E-state index in [9.17, 15) is 9.59 Å². The predicted octanol–water partition coefficient (Wildman–Crippen LogP) is 0.845. The van der Waals surface area contributed by atoms with Crippen molar-refractivity contribution in [2.45, 2.75) is 43.1 Å². The third kappa shape index (κ3) is 5.50. The van der Waals surface area contributed by atoms with E-state index in [0.29, 0.717) is 12.6 Å². The van der Waals surface area contributed by atoms with Gasteiger partial charge in [0.25, 0.3) is 0 Å². The van der Waals surface area contributed by atoms with E-state index in [1.807, 2.05) is 6.92 Å². The van der Waals surface area contributed by atoms with Gasteiger partial charge in [-0.3, -0.25) is 9.59 Å². The van der Waals surface area contributed by atoms with E-state index in [2.05, 4.69) is 26.1 Å². The summed E-state index contributed by atoms with van der Waals surface area (Å²) >= 11 is 2.77. The van der Waals surface area contributed by atoms with Crippen molar-refractivity contribution < 1.29 is 9.59 Å². The summed E-state index contributed by atoms with van der Waals surface area (Å²) in [5, 5.41) is 17.4. The number of hydrogen-bond donors (Lipinski definition) is 3. The van der Waals surface area contributed by atoms with E-state index < -0.39 is 6.04 Å². The highest BCUT2D eigenvalue weighted by atomic mass is 32.2. The molecular formula is C12H19N5O2S2. The van der Waals surface area contributed by atoms with Crippen molar-refractivity contribution in [3.8, 4) is 0 Å². The fourth-order valence-electron chi connectivity index (χ4n) is 1.53. The van der Waals surface area contributed by atoms with Crippen LogP contribution in [-0.4, -0.2) is 46.4 Å². The molecule has 0 unspecified atom stereocenters. The predicted molar refractivity (Wildman–Crippen MR) is 83.6 cm³/mol. The van der Waals surface area contributed by atoms with Gasteiger partial charge in [0.2, 0.25) is 16.9 Å². The second-order valence-electron chi connectivity index (χ2n) is 4.76. The molecule has 0 radical (unpaired) electrons. The quantitative estimate of drug-likeness (QED) is 0.612. The first-order chi connectivity index (χ1) is 10.1. The topological polar surface area (TPSA) is 96.0 Å². The maximum absolute atomic E-state index is 11.8. The van der Waals surface area contributed by atoms with Crippen molar-refractivity contribution in [2.24, 2.45) is 0 Å². The Bertz CT molecular complexity index is 504. The highest BCUT2D eigenvalue weighted by molar-refractivity contribution is 8.01. The Kier molecular flexibility index (Phi) is 5.80. The summed E-state index contributed by atoms with van der Waals surface area (Å²) < 4.78 is 0.749. The molecule has 1 atom stereocenters.